The van der Waals surface area contributed by atoms with E-state index in [1.807, 2.05) is 36.4 Å². The Bertz CT molecular complexity index is 1570. The van der Waals surface area contributed by atoms with E-state index in [1.165, 1.54) is 0 Å². The molecule has 5 rings (SSSR count). The van der Waals surface area contributed by atoms with E-state index in [4.69, 9.17) is 9.47 Å². The van der Waals surface area contributed by atoms with Crippen LogP contribution in [-0.4, -0.2) is 39.2 Å². The van der Waals surface area contributed by atoms with Crippen molar-refractivity contribution in [3.8, 4) is 0 Å². The number of rotatable bonds is 10. The molecular weight excluding hydrogens is 660 g/mol. The largest absolute Gasteiger partial charge is 3.00 e. The zero-order valence-electron chi connectivity index (χ0n) is 26.3. The van der Waals surface area contributed by atoms with Gasteiger partial charge in [-0.2, -0.15) is 6.08 Å². The summed E-state index contributed by atoms with van der Waals surface area (Å²) in [4.78, 5) is 24.4. The van der Waals surface area contributed by atoms with Crippen LogP contribution in [0.4, 0.5) is 28.9 Å². The van der Waals surface area contributed by atoms with Gasteiger partial charge in [0.05, 0.1) is 13.2 Å². The fourth-order valence-electron chi connectivity index (χ4n) is 4.14. The summed E-state index contributed by atoms with van der Waals surface area (Å²) in [5, 5.41) is 4.84. The first kappa shape index (κ1) is 39.8. The fourth-order valence-corrected chi connectivity index (χ4v) is 4.14. The maximum atomic E-state index is 13.5. The smallest absolute Gasteiger partial charge is 0.384 e. The molecule has 0 unspecified atom stereocenters. The number of carbonyl (C=O) groups excluding carboxylic acids is 2. The van der Waals surface area contributed by atoms with Crippen LogP contribution in [0.25, 0.3) is 0 Å². The van der Waals surface area contributed by atoms with Crippen molar-refractivity contribution in [2.24, 2.45) is 0 Å². The van der Waals surface area contributed by atoms with Crippen LogP contribution in [0.1, 0.15) is 38.3 Å². The first-order valence-corrected chi connectivity index (χ1v) is 14.5. The summed E-state index contributed by atoms with van der Waals surface area (Å²) < 4.78 is 62.6. The van der Waals surface area contributed by atoms with Gasteiger partial charge in [-0.05, 0) is 47.5 Å². The third kappa shape index (κ3) is 13.0. The molecular formula is C37H33F4N2O4Ti. The number of anilines is 2. The van der Waals surface area contributed by atoms with Gasteiger partial charge in [0.2, 0.25) is 11.8 Å². The van der Waals surface area contributed by atoms with Gasteiger partial charge in [-0.25, -0.2) is 29.7 Å². The quantitative estimate of drug-likeness (QED) is 0.101. The maximum Gasteiger partial charge on any atom is 3.00 e. The zero-order valence-corrected chi connectivity index (χ0v) is 27.9. The number of amides is 2. The van der Waals surface area contributed by atoms with E-state index < -0.39 is 35.1 Å². The molecule has 0 heterocycles. The minimum Gasteiger partial charge on any atom is -0.384 e. The van der Waals surface area contributed by atoms with Crippen LogP contribution < -0.4 is 10.6 Å². The van der Waals surface area contributed by atoms with Crippen LogP contribution in [0.3, 0.4) is 0 Å². The summed E-state index contributed by atoms with van der Waals surface area (Å²) in [5.41, 5.74) is 2.23. The Morgan fingerprint density at radius 3 is 1.46 bits per heavy atom. The summed E-state index contributed by atoms with van der Waals surface area (Å²) in [6.45, 7) is 0.950. The second-order valence-corrected chi connectivity index (χ2v) is 9.78. The number of hydrogen-bond donors (Lipinski definition) is 2. The van der Waals surface area contributed by atoms with Gasteiger partial charge in [-0.3, -0.25) is 15.7 Å². The molecule has 2 amide bonds. The van der Waals surface area contributed by atoms with E-state index in [0.29, 0.717) is 37.2 Å². The Balaban J connectivity index is 0.000000285. The van der Waals surface area contributed by atoms with E-state index in [1.54, 1.807) is 50.6 Å². The summed E-state index contributed by atoms with van der Waals surface area (Å²) in [6.07, 6.45) is 11.1. The third-order valence-corrected chi connectivity index (χ3v) is 6.48. The summed E-state index contributed by atoms with van der Waals surface area (Å²) in [5.74, 6) is -4.41. The Morgan fingerprint density at radius 2 is 1.12 bits per heavy atom. The molecule has 48 heavy (non-hydrogen) atoms. The van der Waals surface area contributed by atoms with Crippen molar-refractivity contribution in [2.45, 2.75) is 19.3 Å². The molecule has 2 N–H and O–H groups in total. The van der Waals surface area contributed by atoms with Crippen LogP contribution in [0.2, 0.25) is 0 Å². The number of methoxy groups -OCH3 is 2. The molecule has 1 radical (unpaired) electrons. The summed E-state index contributed by atoms with van der Waals surface area (Å²) in [6, 6.07) is 22.1. The number of ether oxygens (including phenoxy) is 2. The van der Waals surface area contributed by atoms with E-state index in [9.17, 15) is 27.2 Å². The van der Waals surface area contributed by atoms with Crippen molar-refractivity contribution in [1.82, 2.24) is 0 Å². The molecule has 0 saturated carbocycles. The van der Waals surface area contributed by atoms with E-state index >= 15 is 0 Å². The van der Waals surface area contributed by atoms with Gasteiger partial charge in [0.25, 0.3) is 0 Å². The van der Waals surface area contributed by atoms with Crippen molar-refractivity contribution >= 4 is 23.2 Å². The van der Waals surface area contributed by atoms with E-state index in [0.717, 1.165) is 41.8 Å². The second-order valence-electron chi connectivity index (χ2n) is 9.78. The van der Waals surface area contributed by atoms with Crippen LogP contribution in [0, 0.1) is 41.5 Å². The first-order valence-electron chi connectivity index (χ1n) is 14.5. The third-order valence-electron chi connectivity index (χ3n) is 6.48. The van der Waals surface area contributed by atoms with E-state index in [2.05, 4.69) is 22.8 Å². The number of benzene rings is 4. The predicted molar refractivity (Wildman–Crippen MR) is 172 cm³/mol. The molecule has 1 aliphatic carbocycles. The normalized spacial score (nSPS) is 11.0. The molecule has 0 bridgehead atoms. The molecule has 4 aromatic rings. The van der Waals surface area contributed by atoms with E-state index in [-0.39, 0.29) is 33.1 Å². The van der Waals surface area contributed by atoms with Gasteiger partial charge in [0, 0.05) is 48.6 Å². The molecule has 0 spiro atoms. The van der Waals surface area contributed by atoms with Gasteiger partial charge < -0.3 is 20.1 Å². The molecule has 11 heteroatoms. The molecule has 0 atom stereocenters. The zero-order chi connectivity index (χ0) is 34.0. The van der Waals surface area contributed by atoms with Crippen LogP contribution in [-0.2, 0) is 44.0 Å². The van der Waals surface area contributed by atoms with Gasteiger partial charge in [-0.15, -0.1) is 42.8 Å². The van der Waals surface area contributed by atoms with Crippen molar-refractivity contribution in [1.29, 1.82) is 0 Å². The minimum absolute atomic E-state index is 0. The Hall–Kier alpha value is -4.35. The summed E-state index contributed by atoms with van der Waals surface area (Å²) >= 11 is 0. The minimum atomic E-state index is -0.933. The fraction of sp³-hybridized carbons (Fsp3) is 0.189. The molecule has 4 aromatic carbocycles. The average molecular weight is 694 g/mol. The Kier molecular flexibility index (Phi) is 17.9. The predicted octanol–water partition coefficient (Wildman–Crippen LogP) is 7.72. The standard InChI is InChI=1S/2C16H14F2NO2.C5H5.Ti/c2*1-21-9-8-11-4-2-3-5-13(11)16(20)19-15-7-6-12(17)10-14(15)18;1-2-4-5-3-1;/h2*2-7H,8-9H2,1H3,(H,19,20);1-3H,4H2;/q3*-1;+3. The molecule has 0 aliphatic heterocycles. The first-order chi connectivity index (χ1) is 22.7. The Labute approximate surface area is 292 Å². The number of carbonyl (C=O) groups is 2. The van der Waals surface area contributed by atoms with Gasteiger partial charge >= 0.3 is 21.7 Å². The topological polar surface area (TPSA) is 76.7 Å². The molecule has 0 saturated heterocycles. The molecule has 247 valence electrons. The van der Waals surface area contributed by atoms with Crippen LogP contribution in [0.5, 0.6) is 0 Å². The van der Waals surface area contributed by atoms with Gasteiger partial charge in [-0.1, -0.05) is 36.4 Å². The van der Waals surface area contributed by atoms with Crippen LogP contribution >= 0.6 is 0 Å². The van der Waals surface area contributed by atoms with Crippen LogP contribution in [0.15, 0.2) is 91.0 Å². The van der Waals surface area contributed by atoms with Gasteiger partial charge in [0.1, 0.15) is 0 Å². The number of halogens is 4. The van der Waals surface area contributed by atoms with Gasteiger partial charge in [0.15, 0.2) is 0 Å². The van der Waals surface area contributed by atoms with Crippen molar-refractivity contribution in [3.05, 3.63) is 155 Å². The molecule has 0 aromatic heterocycles. The molecule has 0 fully saturated rings. The van der Waals surface area contributed by atoms with Crippen molar-refractivity contribution < 1.29 is 58.3 Å². The SMILES string of the molecule is COCCc1ccccc1C(=O)Nc1ccc(F)[c-]c1F.COCCc1ccccc1C(=O)Nc1ccc(F)[c-]c1F.[C-]1=CC=CC1.[Ti+3]. The van der Waals surface area contributed by atoms with Crippen molar-refractivity contribution in [2.75, 3.05) is 38.1 Å². The Morgan fingerprint density at radius 1 is 0.688 bits per heavy atom. The maximum absolute atomic E-state index is 13.5. The molecule has 1 aliphatic rings. The number of allylic oxidation sites excluding steroid dienone is 4. The average Bonchev–Trinajstić information content (AvgIpc) is 3.67. The number of hydrogen-bond acceptors (Lipinski definition) is 4. The summed E-state index contributed by atoms with van der Waals surface area (Å²) in [7, 11) is 3.15. The second kappa shape index (κ2) is 21.5. The monoisotopic (exact) mass is 693 g/mol. The molecule has 6 nitrogen and oxygen atoms in total. The number of nitrogens with one attached hydrogen (secondary N) is 2. The van der Waals surface area contributed by atoms with Crippen molar-refractivity contribution in [3.63, 3.8) is 0 Å².